The molecule has 164 valence electrons. The number of anilines is 1. The van der Waals surface area contributed by atoms with E-state index in [0.717, 1.165) is 41.4 Å². The summed E-state index contributed by atoms with van der Waals surface area (Å²) in [7, 11) is 1.36. The van der Waals surface area contributed by atoms with E-state index in [2.05, 4.69) is 16.0 Å². The summed E-state index contributed by atoms with van der Waals surface area (Å²) in [5.41, 5.74) is 4.18. The van der Waals surface area contributed by atoms with Gasteiger partial charge < -0.3 is 14.0 Å². The Kier molecular flexibility index (Phi) is 5.87. The number of carbonyl (C=O) groups is 2. The maximum atomic E-state index is 12.1. The smallest absolute Gasteiger partial charge is 0.411 e. The van der Waals surface area contributed by atoms with Crippen LogP contribution in [-0.4, -0.2) is 29.8 Å². The summed E-state index contributed by atoms with van der Waals surface area (Å²) in [6, 6.07) is 15.3. The third-order valence-electron chi connectivity index (χ3n) is 5.72. The fourth-order valence-electron chi connectivity index (χ4n) is 4.05. The molecule has 0 radical (unpaired) electrons. The van der Waals surface area contributed by atoms with E-state index in [1.165, 1.54) is 7.11 Å². The molecule has 1 saturated carbocycles. The summed E-state index contributed by atoms with van der Waals surface area (Å²) < 4.78 is 12.2. The minimum atomic E-state index is -0.510. The molecule has 0 aliphatic heterocycles. The number of fused-ring (bicyclic) bond motifs is 1. The fourth-order valence-corrected chi connectivity index (χ4v) is 4.05. The van der Waals surface area contributed by atoms with Gasteiger partial charge in [-0.05, 0) is 62.9 Å². The predicted molar refractivity (Wildman–Crippen MR) is 122 cm³/mol. The zero-order valence-corrected chi connectivity index (χ0v) is 18.3. The van der Waals surface area contributed by atoms with Gasteiger partial charge in [0.2, 0.25) is 0 Å². The predicted octanol–water partition coefficient (Wildman–Crippen LogP) is 5.65. The first-order valence-electron chi connectivity index (χ1n) is 10.7. The van der Waals surface area contributed by atoms with Crippen LogP contribution in [0.1, 0.15) is 55.1 Å². The van der Waals surface area contributed by atoms with Gasteiger partial charge in [-0.25, -0.2) is 9.59 Å². The summed E-state index contributed by atoms with van der Waals surface area (Å²) in [5, 5.41) is 13.5. The lowest BCUT2D eigenvalue weighted by molar-refractivity contribution is 0.0600. The Balaban J connectivity index is 1.80. The van der Waals surface area contributed by atoms with Crippen LogP contribution in [0.25, 0.3) is 22.2 Å². The van der Waals surface area contributed by atoms with Crippen LogP contribution in [0.3, 0.4) is 0 Å². The van der Waals surface area contributed by atoms with Crippen LogP contribution < -0.4 is 5.32 Å². The van der Waals surface area contributed by atoms with E-state index in [-0.39, 0.29) is 12.1 Å². The summed E-state index contributed by atoms with van der Waals surface area (Å²) >= 11 is 0. The van der Waals surface area contributed by atoms with Gasteiger partial charge in [0.15, 0.2) is 0 Å². The van der Waals surface area contributed by atoms with E-state index in [1.54, 1.807) is 32.0 Å². The average molecular weight is 431 g/mol. The number of nitrogens with zero attached hydrogens (tertiary/aromatic N) is 2. The number of benzene rings is 2. The summed E-state index contributed by atoms with van der Waals surface area (Å²) in [4.78, 5) is 24.0. The maximum Gasteiger partial charge on any atom is 0.411 e. The van der Waals surface area contributed by atoms with Crippen LogP contribution >= 0.6 is 0 Å². The molecular formula is C25H25N3O4. The van der Waals surface area contributed by atoms with E-state index < -0.39 is 12.1 Å². The van der Waals surface area contributed by atoms with Crippen LogP contribution in [0, 0.1) is 11.3 Å². The first-order valence-corrected chi connectivity index (χ1v) is 10.7. The lowest BCUT2D eigenvalue weighted by Gasteiger charge is -2.30. The minimum absolute atomic E-state index is 0.208. The van der Waals surface area contributed by atoms with Crippen LogP contribution in [0.5, 0.6) is 0 Å². The van der Waals surface area contributed by atoms with Crippen molar-refractivity contribution in [3.05, 3.63) is 53.6 Å². The number of aromatic nitrogens is 1. The monoisotopic (exact) mass is 431 g/mol. The Hall–Kier alpha value is -3.79. The Labute approximate surface area is 186 Å². The number of methoxy groups -OCH3 is 1. The highest BCUT2D eigenvalue weighted by molar-refractivity contribution is 6.00. The molecule has 1 heterocycles. The summed E-state index contributed by atoms with van der Waals surface area (Å²) in [6.07, 6.45) is 2.45. The van der Waals surface area contributed by atoms with E-state index in [1.807, 2.05) is 24.3 Å². The van der Waals surface area contributed by atoms with Crippen molar-refractivity contribution >= 4 is 28.7 Å². The molecule has 32 heavy (non-hydrogen) atoms. The molecule has 3 aromatic rings. The molecule has 1 N–H and O–H groups in total. The first kappa shape index (κ1) is 21.4. The highest BCUT2D eigenvalue weighted by Gasteiger charge is 2.28. The molecule has 1 aliphatic rings. The fraction of sp³-hybridized carbons (Fsp3) is 0.320. The molecule has 1 aliphatic carbocycles. The molecule has 2 aromatic carbocycles. The standard InChI is InChI=1S/C25H25N3O4/c1-15(2)32-25(30)27-18-10-7-16(8-11-18)23-21(14-26)20-12-9-17(24(29)31-3)13-22(20)28(23)19-5-4-6-19/h7-13,15,19H,4-6H2,1-3H3,(H,27,30). The molecule has 4 rings (SSSR count). The van der Waals surface area contributed by atoms with Gasteiger partial charge in [0.1, 0.15) is 6.07 Å². The van der Waals surface area contributed by atoms with Crippen LogP contribution in [-0.2, 0) is 9.47 Å². The summed E-state index contributed by atoms with van der Waals surface area (Å²) in [6.45, 7) is 3.58. The Morgan fingerprint density at radius 2 is 1.88 bits per heavy atom. The van der Waals surface area contributed by atoms with E-state index in [4.69, 9.17) is 9.47 Å². The van der Waals surface area contributed by atoms with Gasteiger partial charge in [0.05, 0.1) is 35.6 Å². The molecule has 0 atom stereocenters. The molecule has 0 saturated heterocycles. The second-order valence-corrected chi connectivity index (χ2v) is 8.17. The molecule has 0 unspecified atom stereocenters. The summed E-state index contributed by atoms with van der Waals surface area (Å²) in [5.74, 6) is -0.406. The number of ether oxygens (including phenoxy) is 2. The highest BCUT2D eigenvalue weighted by atomic mass is 16.6. The van der Waals surface area contributed by atoms with Crippen LogP contribution in [0.4, 0.5) is 10.5 Å². The topological polar surface area (TPSA) is 93.3 Å². The third-order valence-corrected chi connectivity index (χ3v) is 5.72. The Morgan fingerprint density at radius 1 is 1.16 bits per heavy atom. The molecule has 0 spiro atoms. The number of carbonyl (C=O) groups excluding carboxylic acids is 2. The molecule has 7 heteroatoms. The average Bonchev–Trinajstić information content (AvgIpc) is 3.05. The van der Waals surface area contributed by atoms with E-state index >= 15 is 0 Å². The van der Waals surface area contributed by atoms with Gasteiger partial charge in [0.25, 0.3) is 0 Å². The van der Waals surface area contributed by atoms with E-state index in [0.29, 0.717) is 16.8 Å². The van der Waals surface area contributed by atoms with Crippen molar-refractivity contribution in [2.45, 2.75) is 45.3 Å². The van der Waals surface area contributed by atoms with Crippen LogP contribution in [0.15, 0.2) is 42.5 Å². The van der Waals surface area contributed by atoms with Crippen molar-refractivity contribution < 1.29 is 19.1 Å². The van der Waals surface area contributed by atoms with Crippen molar-refractivity contribution in [2.24, 2.45) is 0 Å². The quantitative estimate of drug-likeness (QED) is 0.527. The largest absolute Gasteiger partial charge is 0.465 e. The molecular weight excluding hydrogens is 406 g/mol. The number of hydrogen-bond donors (Lipinski definition) is 1. The second kappa shape index (κ2) is 8.75. The minimum Gasteiger partial charge on any atom is -0.465 e. The normalized spacial score (nSPS) is 13.5. The number of amides is 1. The molecule has 7 nitrogen and oxygen atoms in total. The van der Waals surface area contributed by atoms with Gasteiger partial charge in [-0.3, -0.25) is 5.32 Å². The zero-order chi connectivity index (χ0) is 22.8. The zero-order valence-electron chi connectivity index (χ0n) is 18.3. The molecule has 0 bridgehead atoms. The molecule has 1 amide bonds. The third kappa shape index (κ3) is 3.92. The van der Waals surface area contributed by atoms with Crippen molar-refractivity contribution in [3.63, 3.8) is 0 Å². The second-order valence-electron chi connectivity index (χ2n) is 8.17. The number of nitrogens with one attached hydrogen (secondary N) is 1. The van der Waals surface area contributed by atoms with Gasteiger partial charge in [-0.1, -0.05) is 18.2 Å². The number of nitriles is 1. The number of esters is 1. The Morgan fingerprint density at radius 3 is 2.44 bits per heavy atom. The molecule has 1 fully saturated rings. The highest BCUT2D eigenvalue weighted by Crippen LogP contribution is 2.42. The Bertz CT molecular complexity index is 1210. The van der Waals surface area contributed by atoms with Crippen molar-refractivity contribution in [1.82, 2.24) is 4.57 Å². The van der Waals surface area contributed by atoms with Crippen molar-refractivity contribution in [1.29, 1.82) is 5.26 Å². The lowest BCUT2D eigenvalue weighted by Crippen LogP contribution is -2.18. The maximum absolute atomic E-state index is 12.1. The van der Waals surface area contributed by atoms with Gasteiger partial charge >= 0.3 is 12.1 Å². The number of hydrogen-bond acceptors (Lipinski definition) is 5. The van der Waals surface area contributed by atoms with Crippen LogP contribution in [0.2, 0.25) is 0 Å². The molecule has 1 aromatic heterocycles. The van der Waals surface area contributed by atoms with E-state index in [9.17, 15) is 14.9 Å². The van der Waals surface area contributed by atoms with Crippen molar-refractivity contribution in [2.75, 3.05) is 12.4 Å². The van der Waals surface area contributed by atoms with Gasteiger partial charge in [-0.2, -0.15) is 5.26 Å². The first-order chi connectivity index (χ1) is 15.4. The SMILES string of the molecule is COC(=O)c1ccc2c(C#N)c(-c3ccc(NC(=O)OC(C)C)cc3)n(C3CCC3)c2c1. The van der Waals surface area contributed by atoms with Gasteiger partial charge in [0, 0.05) is 17.1 Å². The van der Waals surface area contributed by atoms with Gasteiger partial charge in [-0.15, -0.1) is 0 Å². The number of rotatable bonds is 5. The van der Waals surface area contributed by atoms with Crippen molar-refractivity contribution in [3.8, 4) is 17.3 Å². The lowest BCUT2D eigenvalue weighted by atomic mass is 9.92.